The second-order valence-electron chi connectivity index (χ2n) is 4.83. The predicted molar refractivity (Wildman–Crippen MR) is 83.3 cm³/mol. The zero-order valence-corrected chi connectivity index (χ0v) is 12.9. The third-order valence-electron chi connectivity index (χ3n) is 3.30. The number of hydrogen-bond acceptors (Lipinski definition) is 5. The molecule has 1 unspecified atom stereocenters. The van der Waals surface area contributed by atoms with Crippen molar-refractivity contribution in [3.05, 3.63) is 52.2 Å². The fraction of sp³-hybridized carbons (Fsp3) is 0.312. The summed E-state index contributed by atoms with van der Waals surface area (Å²) in [6.45, 7) is 4.42. The Bertz CT molecular complexity index is 597. The Morgan fingerprint density at radius 2 is 2.19 bits per heavy atom. The summed E-state index contributed by atoms with van der Waals surface area (Å²) in [7, 11) is 0. The van der Waals surface area contributed by atoms with Crippen molar-refractivity contribution in [2.24, 2.45) is 0 Å². The number of thiophene rings is 1. The molecule has 1 aromatic carbocycles. The van der Waals surface area contributed by atoms with Gasteiger partial charge in [-0.1, -0.05) is 18.2 Å². The first-order valence-electron chi connectivity index (χ1n) is 6.80. The standard InChI is InChI=1S/C16H19NO3S/c1-3-20-15(19)16(2,12-6-4-7-13(18)10-12)17-11-14-8-5-9-21-14/h4-10,17-18H,3,11H2,1-2H3. The zero-order valence-electron chi connectivity index (χ0n) is 12.1. The maximum Gasteiger partial charge on any atom is 0.330 e. The minimum atomic E-state index is -1.00. The van der Waals surface area contributed by atoms with Crippen LogP contribution in [0, 0.1) is 0 Å². The number of carbonyl (C=O) groups is 1. The second-order valence-corrected chi connectivity index (χ2v) is 5.86. The molecular formula is C16H19NO3S. The minimum Gasteiger partial charge on any atom is -0.508 e. The maximum atomic E-state index is 12.4. The van der Waals surface area contributed by atoms with E-state index in [0.717, 1.165) is 4.88 Å². The summed E-state index contributed by atoms with van der Waals surface area (Å²) in [6.07, 6.45) is 0. The van der Waals surface area contributed by atoms with Crippen LogP contribution < -0.4 is 5.32 Å². The molecular weight excluding hydrogens is 286 g/mol. The average Bonchev–Trinajstić information content (AvgIpc) is 2.98. The molecule has 21 heavy (non-hydrogen) atoms. The van der Waals surface area contributed by atoms with Crippen LogP contribution in [-0.4, -0.2) is 17.7 Å². The lowest BCUT2D eigenvalue weighted by molar-refractivity contribution is -0.151. The van der Waals surface area contributed by atoms with Crippen LogP contribution in [0.25, 0.3) is 0 Å². The first-order chi connectivity index (χ1) is 10.1. The lowest BCUT2D eigenvalue weighted by atomic mass is 9.91. The quantitative estimate of drug-likeness (QED) is 0.806. The van der Waals surface area contributed by atoms with Crippen LogP contribution >= 0.6 is 11.3 Å². The number of esters is 1. The average molecular weight is 305 g/mol. The lowest BCUT2D eigenvalue weighted by Gasteiger charge is -2.29. The number of nitrogens with one attached hydrogen (secondary N) is 1. The fourth-order valence-electron chi connectivity index (χ4n) is 2.06. The lowest BCUT2D eigenvalue weighted by Crippen LogP contribution is -2.47. The summed E-state index contributed by atoms with van der Waals surface area (Å²) in [6, 6.07) is 10.7. The van der Waals surface area contributed by atoms with Gasteiger partial charge in [-0.2, -0.15) is 0 Å². The van der Waals surface area contributed by atoms with Gasteiger partial charge in [0.25, 0.3) is 0 Å². The molecule has 112 valence electrons. The van der Waals surface area contributed by atoms with E-state index in [2.05, 4.69) is 5.32 Å². The molecule has 0 saturated heterocycles. The highest BCUT2D eigenvalue weighted by atomic mass is 32.1. The van der Waals surface area contributed by atoms with Gasteiger partial charge in [-0.05, 0) is 43.0 Å². The van der Waals surface area contributed by atoms with Crippen molar-refractivity contribution in [1.29, 1.82) is 0 Å². The Morgan fingerprint density at radius 3 is 2.81 bits per heavy atom. The molecule has 0 spiro atoms. The van der Waals surface area contributed by atoms with Gasteiger partial charge < -0.3 is 9.84 Å². The van der Waals surface area contributed by atoms with E-state index in [9.17, 15) is 9.90 Å². The van der Waals surface area contributed by atoms with E-state index in [4.69, 9.17) is 4.74 Å². The van der Waals surface area contributed by atoms with E-state index < -0.39 is 5.54 Å². The number of benzene rings is 1. The van der Waals surface area contributed by atoms with E-state index in [1.165, 1.54) is 0 Å². The van der Waals surface area contributed by atoms with Gasteiger partial charge in [0.1, 0.15) is 11.3 Å². The van der Waals surface area contributed by atoms with Gasteiger partial charge in [0.05, 0.1) is 6.61 Å². The maximum absolute atomic E-state index is 12.4. The molecule has 2 N–H and O–H groups in total. The Morgan fingerprint density at radius 1 is 1.38 bits per heavy atom. The van der Waals surface area contributed by atoms with Crippen molar-refractivity contribution >= 4 is 17.3 Å². The monoisotopic (exact) mass is 305 g/mol. The molecule has 1 atom stereocenters. The summed E-state index contributed by atoms with van der Waals surface area (Å²) in [5.74, 6) is -0.229. The van der Waals surface area contributed by atoms with Crippen molar-refractivity contribution in [2.45, 2.75) is 25.9 Å². The third kappa shape index (κ3) is 3.62. The molecule has 0 saturated carbocycles. The Balaban J connectivity index is 2.27. The van der Waals surface area contributed by atoms with E-state index in [1.54, 1.807) is 49.4 Å². The second kappa shape index (κ2) is 6.74. The number of rotatable bonds is 6. The largest absolute Gasteiger partial charge is 0.508 e. The number of carbonyl (C=O) groups excluding carboxylic acids is 1. The van der Waals surface area contributed by atoms with Gasteiger partial charge >= 0.3 is 5.97 Å². The zero-order chi connectivity index (χ0) is 15.3. The Labute approximate surface area is 128 Å². The van der Waals surface area contributed by atoms with Gasteiger partial charge in [-0.3, -0.25) is 5.32 Å². The van der Waals surface area contributed by atoms with Crippen molar-refractivity contribution in [2.75, 3.05) is 6.61 Å². The molecule has 0 radical (unpaired) electrons. The molecule has 4 nitrogen and oxygen atoms in total. The first kappa shape index (κ1) is 15.5. The van der Waals surface area contributed by atoms with E-state index in [-0.39, 0.29) is 11.7 Å². The number of ether oxygens (including phenoxy) is 1. The summed E-state index contributed by atoms with van der Waals surface area (Å²) < 4.78 is 5.19. The summed E-state index contributed by atoms with van der Waals surface area (Å²) >= 11 is 1.62. The van der Waals surface area contributed by atoms with Crippen molar-refractivity contribution in [3.63, 3.8) is 0 Å². The molecule has 1 heterocycles. The first-order valence-corrected chi connectivity index (χ1v) is 7.68. The van der Waals surface area contributed by atoms with Crippen LogP contribution in [0.1, 0.15) is 24.3 Å². The fourth-order valence-corrected chi connectivity index (χ4v) is 2.71. The molecule has 0 aliphatic rings. The highest BCUT2D eigenvalue weighted by Gasteiger charge is 2.36. The van der Waals surface area contributed by atoms with Gasteiger partial charge in [0.15, 0.2) is 0 Å². The number of aromatic hydroxyl groups is 1. The van der Waals surface area contributed by atoms with Crippen molar-refractivity contribution in [1.82, 2.24) is 5.32 Å². The third-order valence-corrected chi connectivity index (χ3v) is 4.18. The molecule has 0 aliphatic carbocycles. The topological polar surface area (TPSA) is 58.6 Å². The van der Waals surface area contributed by atoms with Crippen LogP contribution in [0.4, 0.5) is 0 Å². The molecule has 2 aromatic rings. The van der Waals surface area contributed by atoms with Crippen LogP contribution in [0.5, 0.6) is 5.75 Å². The molecule has 2 rings (SSSR count). The Hall–Kier alpha value is -1.85. The SMILES string of the molecule is CCOC(=O)C(C)(NCc1cccs1)c1cccc(O)c1. The molecule has 0 fully saturated rings. The number of phenols is 1. The highest BCUT2D eigenvalue weighted by molar-refractivity contribution is 7.09. The minimum absolute atomic E-state index is 0.126. The van der Waals surface area contributed by atoms with Crippen molar-refractivity contribution < 1.29 is 14.6 Å². The van der Waals surface area contributed by atoms with Crippen LogP contribution in [0.2, 0.25) is 0 Å². The van der Waals surface area contributed by atoms with Crippen LogP contribution in [-0.2, 0) is 21.6 Å². The smallest absolute Gasteiger partial charge is 0.330 e. The van der Waals surface area contributed by atoms with Crippen LogP contribution in [0.3, 0.4) is 0 Å². The summed E-state index contributed by atoms with van der Waals surface area (Å²) in [5, 5.41) is 14.9. The molecule has 1 aromatic heterocycles. The van der Waals surface area contributed by atoms with Gasteiger partial charge in [-0.25, -0.2) is 4.79 Å². The normalized spacial score (nSPS) is 13.6. The summed E-state index contributed by atoms with van der Waals surface area (Å²) in [4.78, 5) is 13.5. The Kier molecular flexibility index (Phi) is 4.98. The molecule has 0 amide bonds. The van der Waals surface area contributed by atoms with E-state index in [0.29, 0.717) is 18.7 Å². The van der Waals surface area contributed by atoms with E-state index in [1.807, 2.05) is 17.5 Å². The molecule has 0 aliphatic heterocycles. The van der Waals surface area contributed by atoms with Crippen molar-refractivity contribution in [3.8, 4) is 5.75 Å². The predicted octanol–water partition coefficient (Wildman–Crippen LogP) is 3.02. The van der Waals surface area contributed by atoms with Crippen LogP contribution in [0.15, 0.2) is 41.8 Å². The molecule has 0 bridgehead atoms. The molecule has 5 heteroatoms. The van der Waals surface area contributed by atoms with Gasteiger partial charge in [0, 0.05) is 11.4 Å². The highest BCUT2D eigenvalue weighted by Crippen LogP contribution is 2.26. The number of phenolic OH excluding ortho intramolecular Hbond substituents is 1. The number of hydrogen-bond donors (Lipinski definition) is 2. The van der Waals surface area contributed by atoms with Gasteiger partial charge in [0.2, 0.25) is 0 Å². The van der Waals surface area contributed by atoms with E-state index >= 15 is 0 Å². The summed E-state index contributed by atoms with van der Waals surface area (Å²) in [5.41, 5.74) is -0.323. The van der Waals surface area contributed by atoms with Gasteiger partial charge in [-0.15, -0.1) is 11.3 Å².